The minimum Gasteiger partial charge on any atom is -0.288 e. The standard InChI is InChI=1S/C16H15NO3/c1-11(2)12-7-3-4-8-13(12)16(18)14-9-5-6-10-15(14)17(19)20/h3-11H,1-2H3. The lowest BCUT2D eigenvalue weighted by molar-refractivity contribution is -0.385. The zero-order valence-electron chi connectivity index (χ0n) is 11.4. The highest BCUT2D eigenvalue weighted by Gasteiger charge is 2.22. The molecular weight excluding hydrogens is 254 g/mol. The van der Waals surface area contributed by atoms with Crippen molar-refractivity contribution < 1.29 is 9.72 Å². The molecule has 0 saturated heterocycles. The van der Waals surface area contributed by atoms with Crippen LogP contribution in [0.3, 0.4) is 0 Å². The fraction of sp³-hybridized carbons (Fsp3) is 0.188. The maximum atomic E-state index is 12.6. The van der Waals surface area contributed by atoms with Crippen molar-refractivity contribution in [1.82, 2.24) is 0 Å². The van der Waals surface area contributed by atoms with Crippen LogP contribution in [0.2, 0.25) is 0 Å². The molecule has 0 saturated carbocycles. The Hall–Kier alpha value is -2.49. The summed E-state index contributed by atoms with van der Waals surface area (Å²) < 4.78 is 0. The highest BCUT2D eigenvalue weighted by atomic mass is 16.6. The number of benzene rings is 2. The molecule has 0 atom stereocenters. The van der Waals surface area contributed by atoms with Gasteiger partial charge in [0.2, 0.25) is 0 Å². The van der Waals surface area contributed by atoms with E-state index in [2.05, 4.69) is 0 Å². The van der Waals surface area contributed by atoms with Crippen molar-refractivity contribution >= 4 is 11.5 Å². The highest BCUT2D eigenvalue weighted by molar-refractivity contribution is 6.12. The van der Waals surface area contributed by atoms with Crippen LogP contribution >= 0.6 is 0 Å². The van der Waals surface area contributed by atoms with Crippen molar-refractivity contribution in [3.05, 3.63) is 75.3 Å². The molecule has 20 heavy (non-hydrogen) atoms. The molecule has 4 heteroatoms. The number of hydrogen-bond donors (Lipinski definition) is 0. The Morgan fingerprint density at radius 2 is 1.55 bits per heavy atom. The lowest BCUT2D eigenvalue weighted by Gasteiger charge is -2.11. The van der Waals surface area contributed by atoms with Crippen molar-refractivity contribution in [2.24, 2.45) is 0 Å². The number of nitrogens with zero attached hydrogens (tertiary/aromatic N) is 1. The van der Waals surface area contributed by atoms with Crippen LogP contribution < -0.4 is 0 Å². The zero-order valence-corrected chi connectivity index (χ0v) is 11.4. The zero-order chi connectivity index (χ0) is 14.7. The second kappa shape index (κ2) is 5.65. The van der Waals surface area contributed by atoms with Crippen LogP contribution in [0.25, 0.3) is 0 Å². The number of para-hydroxylation sites is 1. The van der Waals surface area contributed by atoms with Crippen LogP contribution in [0.5, 0.6) is 0 Å². The molecule has 102 valence electrons. The van der Waals surface area contributed by atoms with Gasteiger partial charge in [-0.3, -0.25) is 14.9 Å². The molecule has 0 amide bonds. The van der Waals surface area contributed by atoms with Gasteiger partial charge in [-0.05, 0) is 17.5 Å². The van der Waals surface area contributed by atoms with E-state index in [0.29, 0.717) is 5.56 Å². The molecule has 2 aromatic rings. The Kier molecular flexibility index (Phi) is 3.94. The molecule has 0 N–H and O–H groups in total. The minimum absolute atomic E-state index is 0.130. The number of carbonyl (C=O) groups excluding carboxylic acids is 1. The van der Waals surface area contributed by atoms with Gasteiger partial charge >= 0.3 is 0 Å². The van der Waals surface area contributed by atoms with E-state index in [-0.39, 0.29) is 23.0 Å². The van der Waals surface area contributed by atoms with E-state index in [1.54, 1.807) is 24.3 Å². The van der Waals surface area contributed by atoms with Crippen molar-refractivity contribution in [2.45, 2.75) is 19.8 Å². The normalized spacial score (nSPS) is 10.6. The number of nitro groups is 1. The Bertz CT molecular complexity index is 662. The van der Waals surface area contributed by atoms with Gasteiger partial charge in [0, 0.05) is 11.6 Å². The first-order valence-corrected chi connectivity index (χ1v) is 6.39. The minimum atomic E-state index is -0.523. The Morgan fingerprint density at radius 1 is 1.00 bits per heavy atom. The molecule has 0 bridgehead atoms. The SMILES string of the molecule is CC(C)c1ccccc1C(=O)c1ccccc1[N+](=O)[O-]. The first-order chi connectivity index (χ1) is 9.52. The molecule has 0 aliphatic heterocycles. The van der Waals surface area contributed by atoms with Gasteiger partial charge in [-0.1, -0.05) is 50.2 Å². The quantitative estimate of drug-likeness (QED) is 0.479. The van der Waals surface area contributed by atoms with Crippen molar-refractivity contribution in [1.29, 1.82) is 0 Å². The summed E-state index contributed by atoms with van der Waals surface area (Å²) in [5.41, 5.74) is 1.40. The molecular formula is C16H15NO3. The van der Waals surface area contributed by atoms with E-state index in [0.717, 1.165) is 5.56 Å². The van der Waals surface area contributed by atoms with Gasteiger partial charge in [0.05, 0.1) is 4.92 Å². The summed E-state index contributed by atoms with van der Waals surface area (Å²) in [5.74, 6) is -0.125. The predicted molar refractivity (Wildman–Crippen MR) is 77.1 cm³/mol. The number of nitro benzene ring substituents is 1. The molecule has 2 rings (SSSR count). The van der Waals surface area contributed by atoms with Crippen LogP contribution in [0.15, 0.2) is 48.5 Å². The van der Waals surface area contributed by atoms with E-state index in [9.17, 15) is 14.9 Å². The number of carbonyl (C=O) groups is 1. The summed E-state index contributed by atoms with van der Waals surface area (Å²) in [4.78, 5) is 23.1. The van der Waals surface area contributed by atoms with Gasteiger partial charge in [-0.2, -0.15) is 0 Å². The molecule has 0 radical (unpaired) electrons. The van der Waals surface area contributed by atoms with E-state index < -0.39 is 4.92 Å². The summed E-state index contributed by atoms with van der Waals surface area (Å²) in [6.07, 6.45) is 0. The first-order valence-electron chi connectivity index (χ1n) is 6.39. The van der Waals surface area contributed by atoms with Crippen LogP contribution in [0, 0.1) is 10.1 Å². The lowest BCUT2D eigenvalue weighted by atomic mass is 9.91. The Morgan fingerprint density at radius 3 is 2.15 bits per heavy atom. The molecule has 4 nitrogen and oxygen atoms in total. The highest BCUT2D eigenvalue weighted by Crippen LogP contribution is 2.26. The summed E-state index contributed by atoms with van der Waals surface area (Å²) >= 11 is 0. The van der Waals surface area contributed by atoms with Crippen LogP contribution in [-0.4, -0.2) is 10.7 Å². The molecule has 0 unspecified atom stereocenters. The topological polar surface area (TPSA) is 60.2 Å². The summed E-state index contributed by atoms with van der Waals surface area (Å²) in [7, 11) is 0. The Labute approximate surface area is 117 Å². The molecule has 0 aliphatic carbocycles. The second-order valence-electron chi connectivity index (χ2n) is 4.85. The molecule has 2 aromatic carbocycles. The third kappa shape index (κ3) is 2.59. The average molecular weight is 269 g/mol. The van der Waals surface area contributed by atoms with Gasteiger partial charge < -0.3 is 0 Å². The lowest BCUT2D eigenvalue weighted by Crippen LogP contribution is -2.08. The fourth-order valence-corrected chi connectivity index (χ4v) is 2.18. The summed E-state index contributed by atoms with van der Waals surface area (Å²) in [5, 5.41) is 11.0. The van der Waals surface area contributed by atoms with Crippen molar-refractivity contribution in [3.63, 3.8) is 0 Å². The van der Waals surface area contributed by atoms with Crippen LogP contribution in [0.1, 0.15) is 41.3 Å². The predicted octanol–water partition coefficient (Wildman–Crippen LogP) is 3.95. The van der Waals surface area contributed by atoms with Crippen LogP contribution in [-0.2, 0) is 0 Å². The van der Waals surface area contributed by atoms with E-state index in [1.165, 1.54) is 12.1 Å². The maximum Gasteiger partial charge on any atom is 0.280 e. The molecule has 0 fully saturated rings. The summed E-state index contributed by atoms with van der Waals surface area (Å²) in [6, 6.07) is 13.3. The van der Waals surface area contributed by atoms with Gasteiger partial charge in [-0.25, -0.2) is 0 Å². The van der Waals surface area contributed by atoms with Gasteiger partial charge in [-0.15, -0.1) is 0 Å². The van der Waals surface area contributed by atoms with Gasteiger partial charge in [0.1, 0.15) is 5.56 Å². The van der Waals surface area contributed by atoms with Gasteiger partial charge in [0.15, 0.2) is 5.78 Å². The molecule has 0 spiro atoms. The van der Waals surface area contributed by atoms with Crippen molar-refractivity contribution in [3.8, 4) is 0 Å². The van der Waals surface area contributed by atoms with Crippen molar-refractivity contribution in [2.75, 3.05) is 0 Å². The van der Waals surface area contributed by atoms with E-state index >= 15 is 0 Å². The monoisotopic (exact) mass is 269 g/mol. The second-order valence-corrected chi connectivity index (χ2v) is 4.85. The molecule has 0 aliphatic rings. The number of rotatable bonds is 4. The molecule has 0 aromatic heterocycles. The van der Waals surface area contributed by atoms with Gasteiger partial charge in [0.25, 0.3) is 5.69 Å². The summed E-state index contributed by atoms with van der Waals surface area (Å²) in [6.45, 7) is 3.98. The molecule has 0 heterocycles. The number of hydrogen-bond acceptors (Lipinski definition) is 3. The van der Waals surface area contributed by atoms with Crippen LogP contribution in [0.4, 0.5) is 5.69 Å². The Balaban J connectivity index is 2.56. The number of ketones is 1. The average Bonchev–Trinajstić information content (AvgIpc) is 2.46. The van der Waals surface area contributed by atoms with E-state index in [4.69, 9.17) is 0 Å². The first kappa shape index (κ1) is 13.9. The largest absolute Gasteiger partial charge is 0.288 e. The third-order valence-electron chi connectivity index (χ3n) is 3.17. The third-order valence-corrected chi connectivity index (χ3v) is 3.17. The maximum absolute atomic E-state index is 12.6. The van der Waals surface area contributed by atoms with E-state index in [1.807, 2.05) is 26.0 Å². The fourth-order valence-electron chi connectivity index (χ4n) is 2.18. The smallest absolute Gasteiger partial charge is 0.280 e.